The quantitative estimate of drug-likeness (QED) is 0.871. The molecule has 21 heavy (non-hydrogen) atoms. The number of hydrogen-bond donors (Lipinski definition) is 1. The van der Waals surface area contributed by atoms with E-state index >= 15 is 0 Å². The Labute approximate surface area is 127 Å². The van der Waals surface area contributed by atoms with E-state index in [0.717, 1.165) is 25.9 Å². The maximum Gasteiger partial charge on any atom is 0.0444 e. The number of rotatable bonds is 5. The van der Waals surface area contributed by atoms with Gasteiger partial charge >= 0.3 is 0 Å². The molecule has 2 aromatic rings. The van der Waals surface area contributed by atoms with Crippen molar-refractivity contribution < 1.29 is 0 Å². The van der Waals surface area contributed by atoms with Gasteiger partial charge in [0.15, 0.2) is 0 Å². The fourth-order valence-corrected chi connectivity index (χ4v) is 3.24. The van der Waals surface area contributed by atoms with E-state index in [1.807, 2.05) is 0 Å². The first-order chi connectivity index (χ1) is 10.3. The van der Waals surface area contributed by atoms with Gasteiger partial charge < -0.3 is 10.2 Å². The first-order valence-electron chi connectivity index (χ1n) is 8.02. The smallest absolute Gasteiger partial charge is 0.0444 e. The second kappa shape index (κ2) is 6.31. The van der Waals surface area contributed by atoms with E-state index in [4.69, 9.17) is 0 Å². The van der Waals surface area contributed by atoms with Crippen LogP contribution in [0.2, 0.25) is 0 Å². The number of nitrogens with zero attached hydrogens (tertiary/aromatic N) is 1. The molecule has 2 aromatic carbocycles. The van der Waals surface area contributed by atoms with Gasteiger partial charge in [-0.25, -0.2) is 0 Å². The van der Waals surface area contributed by atoms with Gasteiger partial charge in [-0.3, -0.25) is 0 Å². The van der Waals surface area contributed by atoms with Gasteiger partial charge in [-0.15, -0.1) is 0 Å². The Bertz CT molecular complexity index is 589. The number of para-hydroxylation sites is 1. The van der Waals surface area contributed by atoms with E-state index in [-0.39, 0.29) is 0 Å². The molecule has 1 aliphatic rings. The minimum absolute atomic E-state index is 0.468. The van der Waals surface area contributed by atoms with Crippen LogP contribution < -0.4 is 10.2 Å². The standard InChI is InChI=1S/C19H24N2/c1-3-18(20-4-2)15-9-11-17(12-10-15)21-14-13-16-7-5-6-8-19(16)21/h5-12,18,20H,3-4,13-14H2,1-2H3. The highest BCUT2D eigenvalue weighted by molar-refractivity contribution is 5.69. The molecule has 0 fully saturated rings. The molecule has 1 atom stereocenters. The number of fused-ring (bicyclic) bond motifs is 1. The molecule has 1 unspecified atom stereocenters. The number of anilines is 2. The summed E-state index contributed by atoms with van der Waals surface area (Å²) in [6, 6.07) is 18.3. The minimum atomic E-state index is 0.468. The fraction of sp³-hybridized carbons (Fsp3) is 0.368. The highest BCUT2D eigenvalue weighted by atomic mass is 15.2. The third-order valence-corrected chi connectivity index (χ3v) is 4.35. The molecule has 0 aromatic heterocycles. The van der Waals surface area contributed by atoms with E-state index < -0.39 is 0 Å². The number of benzene rings is 2. The van der Waals surface area contributed by atoms with Gasteiger partial charge in [0.25, 0.3) is 0 Å². The van der Waals surface area contributed by atoms with Crippen LogP contribution in [-0.2, 0) is 6.42 Å². The lowest BCUT2D eigenvalue weighted by Gasteiger charge is -2.21. The average molecular weight is 280 g/mol. The molecule has 1 heterocycles. The van der Waals surface area contributed by atoms with Gasteiger partial charge in [0.1, 0.15) is 0 Å². The first kappa shape index (κ1) is 14.2. The second-order valence-corrected chi connectivity index (χ2v) is 5.64. The van der Waals surface area contributed by atoms with Crippen molar-refractivity contribution in [3.63, 3.8) is 0 Å². The van der Waals surface area contributed by atoms with E-state index in [1.165, 1.54) is 22.5 Å². The van der Waals surface area contributed by atoms with Crippen molar-refractivity contribution in [1.82, 2.24) is 5.32 Å². The zero-order valence-electron chi connectivity index (χ0n) is 13.0. The Morgan fingerprint density at radius 3 is 2.52 bits per heavy atom. The third kappa shape index (κ3) is 2.81. The van der Waals surface area contributed by atoms with E-state index in [9.17, 15) is 0 Å². The highest BCUT2D eigenvalue weighted by Gasteiger charge is 2.19. The summed E-state index contributed by atoms with van der Waals surface area (Å²) in [6.07, 6.45) is 2.27. The molecule has 2 heteroatoms. The molecule has 1 N–H and O–H groups in total. The van der Waals surface area contributed by atoms with Crippen LogP contribution in [0.3, 0.4) is 0 Å². The maximum atomic E-state index is 3.54. The van der Waals surface area contributed by atoms with Crippen LogP contribution in [0.4, 0.5) is 11.4 Å². The predicted molar refractivity (Wildman–Crippen MR) is 90.3 cm³/mol. The second-order valence-electron chi connectivity index (χ2n) is 5.64. The summed E-state index contributed by atoms with van der Waals surface area (Å²) in [4.78, 5) is 2.42. The maximum absolute atomic E-state index is 3.54. The van der Waals surface area contributed by atoms with Crippen LogP contribution in [0.1, 0.15) is 37.4 Å². The van der Waals surface area contributed by atoms with Gasteiger partial charge in [-0.2, -0.15) is 0 Å². The summed E-state index contributed by atoms with van der Waals surface area (Å²) in [7, 11) is 0. The molecule has 110 valence electrons. The molecule has 0 radical (unpaired) electrons. The van der Waals surface area contributed by atoms with Crippen molar-refractivity contribution in [2.24, 2.45) is 0 Å². The molecule has 0 bridgehead atoms. The topological polar surface area (TPSA) is 15.3 Å². The van der Waals surface area contributed by atoms with Gasteiger partial charge in [0.05, 0.1) is 0 Å². The van der Waals surface area contributed by atoms with Crippen LogP contribution in [0.25, 0.3) is 0 Å². The Hall–Kier alpha value is -1.80. The van der Waals surface area contributed by atoms with Gasteiger partial charge in [0.2, 0.25) is 0 Å². The van der Waals surface area contributed by atoms with Crippen molar-refractivity contribution in [3.05, 3.63) is 59.7 Å². The normalized spacial score (nSPS) is 15.0. The lowest BCUT2D eigenvalue weighted by Crippen LogP contribution is -2.20. The van der Waals surface area contributed by atoms with Crippen molar-refractivity contribution in [2.45, 2.75) is 32.7 Å². The molecule has 0 saturated heterocycles. The van der Waals surface area contributed by atoms with Crippen molar-refractivity contribution in [3.8, 4) is 0 Å². The van der Waals surface area contributed by atoms with Crippen LogP contribution in [-0.4, -0.2) is 13.1 Å². The summed E-state index contributed by atoms with van der Waals surface area (Å²) >= 11 is 0. The van der Waals surface area contributed by atoms with Crippen molar-refractivity contribution >= 4 is 11.4 Å². The van der Waals surface area contributed by atoms with Crippen LogP contribution in [0.5, 0.6) is 0 Å². The average Bonchev–Trinajstić information content (AvgIpc) is 2.97. The molecule has 0 amide bonds. The van der Waals surface area contributed by atoms with Gasteiger partial charge in [-0.1, -0.05) is 44.2 Å². The SMILES string of the molecule is CCNC(CC)c1ccc(N2CCc3ccccc32)cc1. The lowest BCUT2D eigenvalue weighted by atomic mass is 10.0. The molecular weight excluding hydrogens is 256 g/mol. The van der Waals surface area contributed by atoms with Crippen LogP contribution in [0, 0.1) is 0 Å². The third-order valence-electron chi connectivity index (χ3n) is 4.35. The summed E-state index contributed by atoms with van der Waals surface area (Å²) in [5, 5.41) is 3.54. The fourth-order valence-electron chi connectivity index (χ4n) is 3.24. The lowest BCUT2D eigenvalue weighted by molar-refractivity contribution is 0.537. The summed E-state index contributed by atoms with van der Waals surface area (Å²) in [5.41, 5.74) is 5.51. The highest BCUT2D eigenvalue weighted by Crippen LogP contribution is 2.34. The molecule has 1 aliphatic heterocycles. The number of nitrogens with one attached hydrogen (secondary N) is 1. The van der Waals surface area contributed by atoms with Crippen LogP contribution in [0.15, 0.2) is 48.5 Å². The predicted octanol–water partition coefficient (Wildman–Crippen LogP) is 4.44. The Morgan fingerprint density at radius 1 is 1.05 bits per heavy atom. The molecule has 3 rings (SSSR count). The zero-order chi connectivity index (χ0) is 14.7. The monoisotopic (exact) mass is 280 g/mol. The Balaban J connectivity index is 1.82. The first-order valence-corrected chi connectivity index (χ1v) is 8.02. The minimum Gasteiger partial charge on any atom is -0.341 e. The zero-order valence-corrected chi connectivity index (χ0v) is 13.0. The van der Waals surface area contributed by atoms with Gasteiger partial charge in [0, 0.05) is 24.0 Å². The van der Waals surface area contributed by atoms with Crippen molar-refractivity contribution in [1.29, 1.82) is 0 Å². The van der Waals surface area contributed by atoms with Crippen molar-refractivity contribution in [2.75, 3.05) is 18.0 Å². The molecular formula is C19H24N2. The Kier molecular flexibility index (Phi) is 4.26. The summed E-state index contributed by atoms with van der Waals surface area (Å²) in [6.45, 7) is 6.50. The molecule has 2 nitrogen and oxygen atoms in total. The molecule has 0 aliphatic carbocycles. The van der Waals surface area contributed by atoms with E-state index in [0.29, 0.717) is 6.04 Å². The van der Waals surface area contributed by atoms with Crippen LogP contribution >= 0.6 is 0 Å². The summed E-state index contributed by atoms with van der Waals surface area (Å²) in [5.74, 6) is 0. The van der Waals surface area contributed by atoms with E-state index in [1.54, 1.807) is 0 Å². The largest absolute Gasteiger partial charge is 0.341 e. The Morgan fingerprint density at radius 2 is 1.81 bits per heavy atom. The van der Waals surface area contributed by atoms with E-state index in [2.05, 4.69) is 72.6 Å². The molecule has 0 spiro atoms. The molecule has 0 saturated carbocycles. The summed E-state index contributed by atoms with van der Waals surface area (Å²) < 4.78 is 0. The number of hydrogen-bond acceptors (Lipinski definition) is 2. The van der Waals surface area contributed by atoms with Gasteiger partial charge in [-0.05, 0) is 48.7 Å².